The zero-order chi connectivity index (χ0) is 14.7. The number of rotatable bonds is 4. The van der Waals surface area contributed by atoms with E-state index in [9.17, 15) is 4.79 Å². The van der Waals surface area contributed by atoms with Crippen LogP contribution in [0.4, 0.5) is 0 Å². The van der Waals surface area contributed by atoms with E-state index in [1.54, 1.807) is 11.3 Å². The summed E-state index contributed by atoms with van der Waals surface area (Å²) in [5.41, 5.74) is 5.96. The van der Waals surface area contributed by atoms with Crippen LogP contribution < -0.4 is 10.2 Å². The summed E-state index contributed by atoms with van der Waals surface area (Å²) < 4.78 is 3.26. The summed E-state index contributed by atoms with van der Waals surface area (Å²) in [6.45, 7) is 2.80. The van der Waals surface area contributed by atoms with Crippen molar-refractivity contribution in [3.05, 3.63) is 64.5 Å². The molecule has 1 heterocycles. The lowest BCUT2D eigenvalue weighted by Gasteiger charge is -2.06. The third-order valence-corrected chi connectivity index (χ3v) is 4.32. The minimum atomic E-state index is 0.584. The molecule has 0 fully saturated rings. The van der Waals surface area contributed by atoms with Gasteiger partial charge in [-0.2, -0.15) is 0 Å². The van der Waals surface area contributed by atoms with E-state index in [0.29, 0.717) is 6.41 Å². The number of hydrogen-bond donors (Lipinski definition) is 1. The monoisotopic (exact) mass is 297 g/mol. The Kier molecular flexibility index (Phi) is 3.83. The fraction of sp³-hybridized carbons (Fsp3) is 0.125. The lowest BCUT2D eigenvalue weighted by molar-refractivity contribution is -0.109. The standard InChI is InChI=1S/C16H15N3OS/c1-12-6-8-13(9-7-12)10-19-14-4-2-3-5-15(14)21-16(19)18-17-11-20/h2-9,11H,10H2,1H3,(H,17,20). The Morgan fingerprint density at radius 2 is 1.95 bits per heavy atom. The second kappa shape index (κ2) is 5.93. The first-order chi connectivity index (χ1) is 10.3. The van der Waals surface area contributed by atoms with E-state index in [-0.39, 0.29) is 0 Å². The predicted octanol–water partition coefficient (Wildman–Crippen LogP) is 2.62. The average molecular weight is 297 g/mol. The number of nitrogens with zero attached hydrogens (tertiary/aromatic N) is 2. The van der Waals surface area contributed by atoms with Gasteiger partial charge < -0.3 is 4.57 Å². The molecule has 3 rings (SSSR count). The van der Waals surface area contributed by atoms with E-state index in [4.69, 9.17) is 0 Å². The van der Waals surface area contributed by atoms with Crippen LogP contribution in [0.3, 0.4) is 0 Å². The molecule has 0 aliphatic heterocycles. The lowest BCUT2D eigenvalue weighted by Crippen LogP contribution is -2.19. The predicted molar refractivity (Wildman–Crippen MR) is 84.9 cm³/mol. The second-order valence-corrected chi connectivity index (χ2v) is 5.79. The highest BCUT2D eigenvalue weighted by Crippen LogP contribution is 2.18. The van der Waals surface area contributed by atoms with Crippen LogP contribution >= 0.6 is 11.3 Å². The van der Waals surface area contributed by atoms with Crippen molar-refractivity contribution in [2.45, 2.75) is 13.5 Å². The quantitative estimate of drug-likeness (QED) is 0.584. The van der Waals surface area contributed by atoms with E-state index in [2.05, 4.69) is 58.4 Å². The summed E-state index contributed by atoms with van der Waals surface area (Å²) >= 11 is 1.56. The molecular weight excluding hydrogens is 282 g/mol. The van der Waals surface area contributed by atoms with Crippen LogP contribution in [0.5, 0.6) is 0 Å². The maximum Gasteiger partial charge on any atom is 0.227 e. The van der Waals surface area contributed by atoms with Crippen LogP contribution in [0.25, 0.3) is 10.2 Å². The Bertz CT molecular complexity index is 831. The van der Waals surface area contributed by atoms with Crippen LogP contribution in [0.2, 0.25) is 0 Å². The van der Waals surface area contributed by atoms with Crippen molar-refractivity contribution < 1.29 is 4.79 Å². The largest absolute Gasteiger partial charge is 0.311 e. The van der Waals surface area contributed by atoms with Crippen molar-refractivity contribution in [1.29, 1.82) is 0 Å². The molecule has 1 amide bonds. The molecule has 0 bridgehead atoms. The number of aromatic nitrogens is 1. The molecule has 5 heteroatoms. The number of nitrogens with one attached hydrogen (secondary N) is 1. The van der Waals surface area contributed by atoms with Gasteiger partial charge in [-0.05, 0) is 24.6 Å². The van der Waals surface area contributed by atoms with Crippen molar-refractivity contribution >= 4 is 28.0 Å². The van der Waals surface area contributed by atoms with E-state index in [0.717, 1.165) is 21.6 Å². The Balaban J connectivity index is 2.10. The highest BCUT2D eigenvalue weighted by atomic mass is 32.1. The van der Waals surface area contributed by atoms with Gasteiger partial charge in [0, 0.05) is 0 Å². The Hall–Kier alpha value is -2.40. The van der Waals surface area contributed by atoms with Gasteiger partial charge in [0.15, 0.2) is 0 Å². The Labute approximate surface area is 126 Å². The van der Waals surface area contributed by atoms with Crippen LogP contribution in [-0.4, -0.2) is 11.0 Å². The number of hydrogen-bond acceptors (Lipinski definition) is 3. The molecule has 0 aliphatic carbocycles. The van der Waals surface area contributed by atoms with Gasteiger partial charge in [0.1, 0.15) is 0 Å². The molecule has 0 saturated heterocycles. The number of benzene rings is 2. The number of carbonyl (C=O) groups excluding carboxylic acids is 1. The smallest absolute Gasteiger partial charge is 0.227 e. The van der Waals surface area contributed by atoms with E-state index < -0.39 is 0 Å². The summed E-state index contributed by atoms with van der Waals surface area (Å²) in [5, 5.41) is 4.14. The molecule has 106 valence electrons. The normalized spacial score (nSPS) is 11.8. The molecule has 1 aromatic heterocycles. The number of amides is 1. The van der Waals surface area contributed by atoms with Gasteiger partial charge in [-0.25, -0.2) is 5.43 Å². The molecule has 0 aliphatic rings. The number of fused-ring (bicyclic) bond motifs is 1. The summed E-state index contributed by atoms with van der Waals surface area (Å²) in [6, 6.07) is 16.6. The van der Waals surface area contributed by atoms with Crippen molar-refractivity contribution in [3.63, 3.8) is 0 Å². The first-order valence-electron chi connectivity index (χ1n) is 6.65. The SMILES string of the molecule is Cc1ccc(Cn2c(=NNC=O)sc3ccccc32)cc1. The first-order valence-corrected chi connectivity index (χ1v) is 7.46. The van der Waals surface area contributed by atoms with Crippen LogP contribution in [0, 0.1) is 6.92 Å². The molecule has 4 nitrogen and oxygen atoms in total. The number of thiazole rings is 1. The third kappa shape index (κ3) is 2.87. The fourth-order valence-electron chi connectivity index (χ4n) is 2.22. The summed E-state index contributed by atoms with van der Waals surface area (Å²) in [5.74, 6) is 0. The summed E-state index contributed by atoms with van der Waals surface area (Å²) in [6.07, 6.45) is 0.584. The zero-order valence-electron chi connectivity index (χ0n) is 11.6. The van der Waals surface area contributed by atoms with E-state index >= 15 is 0 Å². The molecule has 2 aromatic carbocycles. The van der Waals surface area contributed by atoms with Crippen molar-refractivity contribution in [3.8, 4) is 0 Å². The van der Waals surface area contributed by atoms with Gasteiger partial charge in [-0.1, -0.05) is 53.3 Å². The molecular formula is C16H15N3OS. The van der Waals surface area contributed by atoms with Crippen molar-refractivity contribution in [2.24, 2.45) is 5.10 Å². The topological polar surface area (TPSA) is 46.4 Å². The summed E-state index contributed by atoms with van der Waals surface area (Å²) in [4.78, 5) is 11.3. The Morgan fingerprint density at radius 3 is 2.71 bits per heavy atom. The van der Waals surface area contributed by atoms with Crippen LogP contribution in [0.15, 0.2) is 53.6 Å². The molecule has 3 aromatic rings. The van der Waals surface area contributed by atoms with Gasteiger partial charge in [-0.15, -0.1) is 5.10 Å². The molecule has 0 atom stereocenters. The molecule has 0 spiro atoms. The van der Waals surface area contributed by atoms with E-state index in [1.165, 1.54) is 11.1 Å². The van der Waals surface area contributed by atoms with Crippen molar-refractivity contribution in [2.75, 3.05) is 0 Å². The van der Waals surface area contributed by atoms with Gasteiger partial charge in [0.05, 0.1) is 16.8 Å². The molecule has 0 saturated carbocycles. The number of para-hydroxylation sites is 1. The third-order valence-electron chi connectivity index (χ3n) is 3.26. The van der Waals surface area contributed by atoms with E-state index in [1.807, 2.05) is 12.1 Å². The minimum Gasteiger partial charge on any atom is -0.311 e. The van der Waals surface area contributed by atoms with Crippen molar-refractivity contribution in [1.82, 2.24) is 9.99 Å². The number of carbonyl (C=O) groups is 1. The van der Waals surface area contributed by atoms with Gasteiger partial charge in [0.2, 0.25) is 11.2 Å². The van der Waals surface area contributed by atoms with Crippen LogP contribution in [-0.2, 0) is 11.3 Å². The molecule has 0 unspecified atom stereocenters. The Morgan fingerprint density at radius 1 is 1.19 bits per heavy atom. The second-order valence-electron chi connectivity index (χ2n) is 4.78. The molecule has 21 heavy (non-hydrogen) atoms. The van der Waals surface area contributed by atoms with Gasteiger partial charge >= 0.3 is 0 Å². The maximum atomic E-state index is 10.5. The average Bonchev–Trinajstić information content (AvgIpc) is 2.85. The lowest BCUT2D eigenvalue weighted by atomic mass is 10.1. The first kappa shape index (κ1) is 13.6. The summed E-state index contributed by atoms with van der Waals surface area (Å²) in [7, 11) is 0. The highest BCUT2D eigenvalue weighted by Gasteiger charge is 2.06. The fourth-order valence-corrected chi connectivity index (χ4v) is 3.21. The molecule has 0 radical (unpaired) electrons. The van der Waals surface area contributed by atoms with Gasteiger partial charge in [-0.3, -0.25) is 4.79 Å². The maximum absolute atomic E-state index is 10.5. The molecule has 1 N–H and O–H groups in total. The minimum absolute atomic E-state index is 0.584. The van der Waals surface area contributed by atoms with Gasteiger partial charge in [0.25, 0.3) is 0 Å². The number of aryl methyl sites for hydroxylation is 1. The zero-order valence-corrected chi connectivity index (χ0v) is 12.4. The highest BCUT2D eigenvalue weighted by molar-refractivity contribution is 7.16. The van der Waals surface area contributed by atoms with Crippen LogP contribution in [0.1, 0.15) is 11.1 Å².